The van der Waals surface area contributed by atoms with Crippen LogP contribution in [0.4, 0.5) is 17.1 Å². The molecule has 114 valence electrons. The highest BCUT2D eigenvalue weighted by Crippen LogP contribution is 2.32. The molecule has 1 N–H and O–H groups in total. The topological polar surface area (TPSA) is 98.3 Å². The molecular weight excluding hydrogens is 306 g/mol. The van der Waals surface area contributed by atoms with Crippen LogP contribution in [0.25, 0.3) is 0 Å². The van der Waals surface area contributed by atoms with Crippen LogP contribution in [0, 0.1) is 20.2 Å². The highest BCUT2D eigenvalue weighted by atomic mass is 32.2. The van der Waals surface area contributed by atoms with E-state index >= 15 is 0 Å². The van der Waals surface area contributed by atoms with Gasteiger partial charge in [0.15, 0.2) is 0 Å². The van der Waals surface area contributed by atoms with Crippen molar-refractivity contribution in [1.29, 1.82) is 0 Å². The number of thioether (sulfide) groups is 1. The summed E-state index contributed by atoms with van der Waals surface area (Å²) in [6.07, 6.45) is 0. The van der Waals surface area contributed by atoms with Crippen LogP contribution < -0.4 is 5.32 Å². The zero-order chi connectivity index (χ0) is 15.9. The monoisotopic (exact) mass is 319 g/mol. The Labute approximate surface area is 130 Å². The van der Waals surface area contributed by atoms with Gasteiger partial charge in [-0.3, -0.25) is 20.2 Å². The van der Waals surface area contributed by atoms with E-state index in [1.54, 1.807) is 0 Å². The fourth-order valence-electron chi connectivity index (χ4n) is 1.80. The predicted molar refractivity (Wildman–Crippen MR) is 85.4 cm³/mol. The lowest BCUT2D eigenvalue weighted by atomic mass is 10.3. The molecule has 0 heterocycles. The quantitative estimate of drug-likeness (QED) is 0.361. The molecule has 0 aliphatic rings. The molecule has 0 aromatic heterocycles. The summed E-state index contributed by atoms with van der Waals surface area (Å²) in [7, 11) is 0. The third kappa shape index (κ3) is 4.19. The fourth-order valence-corrected chi connectivity index (χ4v) is 2.67. The fraction of sp³-hybridized carbons (Fsp3) is 0.143. The summed E-state index contributed by atoms with van der Waals surface area (Å²) >= 11 is 1.29. The molecular formula is C14H13N3O4S. The molecule has 8 heteroatoms. The van der Waals surface area contributed by atoms with Crippen molar-refractivity contribution < 1.29 is 9.85 Å². The van der Waals surface area contributed by atoms with Gasteiger partial charge in [0.25, 0.3) is 11.4 Å². The van der Waals surface area contributed by atoms with Crippen LogP contribution in [0.3, 0.4) is 0 Å². The highest BCUT2D eigenvalue weighted by Gasteiger charge is 2.19. The zero-order valence-corrected chi connectivity index (χ0v) is 12.3. The van der Waals surface area contributed by atoms with Crippen molar-refractivity contribution in [2.24, 2.45) is 0 Å². The van der Waals surface area contributed by atoms with Gasteiger partial charge >= 0.3 is 0 Å². The van der Waals surface area contributed by atoms with Crippen LogP contribution >= 0.6 is 11.8 Å². The van der Waals surface area contributed by atoms with E-state index in [1.807, 2.05) is 30.3 Å². The van der Waals surface area contributed by atoms with Crippen molar-refractivity contribution in [3.63, 3.8) is 0 Å². The minimum Gasteiger partial charge on any atom is -0.384 e. The van der Waals surface area contributed by atoms with Crippen LogP contribution in [-0.2, 0) is 0 Å². The minimum atomic E-state index is -0.640. The molecule has 0 bridgehead atoms. The third-order valence-electron chi connectivity index (χ3n) is 2.81. The van der Waals surface area contributed by atoms with E-state index in [2.05, 4.69) is 5.32 Å². The van der Waals surface area contributed by atoms with Gasteiger partial charge < -0.3 is 5.32 Å². The number of nitrogens with zero attached hydrogens (tertiary/aromatic N) is 2. The molecule has 2 aromatic rings. The largest absolute Gasteiger partial charge is 0.384 e. The zero-order valence-electron chi connectivity index (χ0n) is 11.5. The van der Waals surface area contributed by atoms with E-state index in [9.17, 15) is 20.2 Å². The van der Waals surface area contributed by atoms with Gasteiger partial charge in [0.2, 0.25) is 0 Å². The van der Waals surface area contributed by atoms with Crippen molar-refractivity contribution in [1.82, 2.24) is 0 Å². The van der Waals surface area contributed by atoms with Crippen LogP contribution in [0.1, 0.15) is 0 Å². The van der Waals surface area contributed by atoms with Crippen LogP contribution in [0.2, 0.25) is 0 Å². The molecule has 7 nitrogen and oxygen atoms in total. The van der Waals surface area contributed by atoms with E-state index in [0.29, 0.717) is 17.2 Å². The molecule has 22 heavy (non-hydrogen) atoms. The molecule has 0 amide bonds. The molecule has 0 unspecified atom stereocenters. The summed E-state index contributed by atoms with van der Waals surface area (Å²) in [6.45, 7) is 0.628. The summed E-state index contributed by atoms with van der Waals surface area (Å²) < 4.78 is 0. The Bertz CT molecular complexity index is 679. The average Bonchev–Trinajstić information content (AvgIpc) is 2.52. The molecule has 0 radical (unpaired) electrons. The van der Waals surface area contributed by atoms with Crippen LogP contribution in [-0.4, -0.2) is 22.1 Å². The van der Waals surface area contributed by atoms with Gasteiger partial charge in [0.1, 0.15) is 0 Å². The van der Waals surface area contributed by atoms with Gasteiger partial charge in [-0.05, 0) is 18.2 Å². The second kappa shape index (κ2) is 7.41. The van der Waals surface area contributed by atoms with E-state index in [1.165, 1.54) is 23.9 Å². The molecule has 0 atom stereocenters. The standard InChI is InChI=1S/C14H13N3O4S/c18-16(19)12-6-7-14(13(10-12)17(20)21)22-9-8-15-11-4-2-1-3-5-11/h1-7,10,15H,8-9H2. The van der Waals surface area contributed by atoms with Crippen molar-refractivity contribution in [2.75, 3.05) is 17.6 Å². The minimum absolute atomic E-state index is 0.237. The van der Waals surface area contributed by atoms with Gasteiger partial charge in [-0.1, -0.05) is 18.2 Å². The Kier molecular flexibility index (Phi) is 5.31. The summed E-state index contributed by atoms with van der Waals surface area (Å²) in [4.78, 5) is 20.9. The number of hydrogen-bond acceptors (Lipinski definition) is 6. The molecule has 0 aliphatic carbocycles. The number of rotatable bonds is 7. The van der Waals surface area contributed by atoms with Crippen molar-refractivity contribution in [3.05, 3.63) is 68.8 Å². The molecule has 2 rings (SSSR count). The van der Waals surface area contributed by atoms with E-state index < -0.39 is 9.85 Å². The Morgan fingerprint density at radius 3 is 2.36 bits per heavy atom. The van der Waals surface area contributed by atoms with Gasteiger partial charge in [-0.25, -0.2) is 0 Å². The number of benzene rings is 2. The number of nitrogens with one attached hydrogen (secondary N) is 1. The molecule has 0 saturated heterocycles. The lowest BCUT2D eigenvalue weighted by Crippen LogP contribution is -2.04. The number of hydrogen-bond donors (Lipinski definition) is 1. The van der Waals surface area contributed by atoms with Crippen LogP contribution in [0.5, 0.6) is 0 Å². The van der Waals surface area contributed by atoms with Crippen LogP contribution in [0.15, 0.2) is 53.4 Å². The number of nitro benzene ring substituents is 2. The van der Waals surface area contributed by atoms with Crippen molar-refractivity contribution in [3.8, 4) is 0 Å². The summed E-state index contributed by atoms with van der Waals surface area (Å²) in [5.74, 6) is 0.605. The predicted octanol–water partition coefficient (Wildman–Crippen LogP) is 3.71. The first kappa shape index (κ1) is 15.8. The summed E-state index contributed by atoms with van der Waals surface area (Å²) in [5, 5.41) is 24.9. The number of anilines is 1. The Balaban J connectivity index is 1.97. The second-order valence-corrected chi connectivity index (χ2v) is 5.44. The molecule has 0 saturated carbocycles. The summed E-state index contributed by atoms with van der Waals surface area (Å²) in [6, 6.07) is 13.3. The first-order valence-electron chi connectivity index (χ1n) is 6.42. The molecule has 2 aromatic carbocycles. The Hall–Kier alpha value is -2.61. The first-order valence-corrected chi connectivity index (χ1v) is 7.41. The maximum Gasteiger partial charge on any atom is 0.289 e. The lowest BCUT2D eigenvalue weighted by molar-refractivity contribution is -0.396. The maximum atomic E-state index is 11.0. The number of non-ortho nitro benzene ring substituents is 1. The Morgan fingerprint density at radius 2 is 1.73 bits per heavy atom. The van der Waals surface area contributed by atoms with Crippen molar-refractivity contribution >= 4 is 28.8 Å². The van der Waals surface area contributed by atoms with Gasteiger partial charge in [-0.2, -0.15) is 0 Å². The SMILES string of the molecule is O=[N+]([O-])c1ccc(SCCNc2ccccc2)c([N+](=O)[O-])c1. The number of para-hydroxylation sites is 1. The Morgan fingerprint density at radius 1 is 1.00 bits per heavy atom. The van der Waals surface area contributed by atoms with Gasteiger partial charge in [-0.15, -0.1) is 11.8 Å². The molecule has 0 aliphatic heterocycles. The van der Waals surface area contributed by atoms with E-state index in [0.717, 1.165) is 11.8 Å². The van der Waals surface area contributed by atoms with Gasteiger partial charge in [0.05, 0.1) is 20.8 Å². The molecule has 0 fully saturated rings. The number of nitro groups is 2. The third-order valence-corrected chi connectivity index (χ3v) is 3.88. The van der Waals surface area contributed by atoms with Crippen molar-refractivity contribution in [2.45, 2.75) is 4.90 Å². The van der Waals surface area contributed by atoms with E-state index in [-0.39, 0.29) is 11.4 Å². The maximum absolute atomic E-state index is 11.0. The summed E-state index contributed by atoms with van der Waals surface area (Å²) in [5.41, 5.74) is 0.457. The normalized spacial score (nSPS) is 10.2. The smallest absolute Gasteiger partial charge is 0.289 e. The highest BCUT2D eigenvalue weighted by molar-refractivity contribution is 7.99. The first-order chi connectivity index (χ1) is 10.6. The average molecular weight is 319 g/mol. The second-order valence-electron chi connectivity index (χ2n) is 4.31. The van der Waals surface area contributed by atoms with Gasteiger partial charge in [0, 0.05) is 24.1 Å². The molecule has 0 spiro atoms. The van der Waals surface area contributed by atoms with E-state index in [4.69, 9.17) is 0 Å². The lowest BCUT2D eigenvalue weighted by Gasteiger charge is -2.06.